The number of hydrogen-bond donors (Lipinski definition) is 0. The number of rotatable bonds is 0. The molecule has 0 saturated heterocycles. The second kappa shape index (κ2) is 2.69. The van der Waals surface area contributed by atoms with Gasteiger partial charge < -0.3 is 0 Å². The van der Waals surface area contributed by atoms with Crippen LogP contribution in [0.3, 0.4) is 0 Å². The van der Waals surface area contributed by atoms with Crippen LogP contribution in [0.2, 0.25) is 0 Å². The number of benzene rings is 1. The van der Waals surface area contributed by atoms with Crippen LogP contribution < -0.4 is 0 Å². The molecule has 1 heterocycles. The Hall–Kier alpha value is -0.650. The normalized spacial score (nSPS) is 10.9. The van der Waals surface area contributed by atoms with E-state index >= 15 is 0 Å². The molecule has 0 fully saturated rings. The van der Waals surface area contributed by atoms with Gasteiger partial charge in [0.1, 0.15) is 5.82 Å². The quantitative estimate of drug-likeness (QED) is 0.675. The average molecular weight is 276 g/mol. The van der Waals surface area contributed by atoms with Gasteiger partial charge in [0.2, 0.25) is 0 Å². The Morgan fingerprint density at radius 1 is 1.50 bits per heavy atom. The third-order valence-electron chi connectivity index (χ3n) is 1.82. The molecule has 4 heteroatoms. The molecule has 0 unspecified atom stereocenters. The van der Waals surface area contributed by atoms with Crippen LogP contribution in [0.5, 0.6) is 0 Å². The predicted molar refractivity (Wildman–Crippen MR) is 53.4 cm³/mol. The van der Waals surface area contributed by atoms with Gasteiger partial charge >= 0.3 is 0 Å². The Balaban J connectivity index is 2.93. The number of hydrogen-bond acceptors (Lipinski definition) is 1. The maximum absolute atomic E-state index is 13.4. The minimum atomic E-state index is -0.179. The summed E-state index contributed by atoms with van der Waals surface area (Å²) in [4.78, 5) is 0. The first-order valence-corrected chi connectivity index (χ1v) is 4.54. The molecule has 0 aliphatic rings. The second-order valence-electron chi connectivity index (χ2n) is 2.56. The van der Waals surface area contributed by atoms with E-state index in [4.69, 9.17) is 0 Å². The predicted octanol–water partition coefficient (Wildman–Crippen LogP) is 2.32. The zero-order valence-electron chi connectivity index (χ0n) is 6.38. The van der Waals surface area contributed by atoms with Crippen molar-refractivity contribution in [2.24, 2.45) is 7.05 Å². The van der Waals surface area contributed by atoms with E-state index in [1.165, 1.54) is 0 Å². The molecule has 1 aromatic heterocycles. The highest BCUT2D eigenvalue weighted by atomic mass is 127. The Morgan fingerprint density at radius 2 is 2.25 bits per heavy atom. The highest BCUT2D eigenvalue weighted by molar-refractivity contribution is 14.1. The summed E-state index contributed by atoms with van der Waals surface area (Å²) >= 11 is 1.97. The van der Waals surface area contributed by atoms with E-state index in [0.29, 0.717) is 8.96 Å². The first-order valence-electron chi connectivity index (χ1n) is 3.46. The van der Waals surface area contributed by atoms with Gasteiger partial charge in [-0.25, -0.2) is 4.39 Å². The molecule has 0 N–H and O–H groups in total. The van der Waals surface area contributed by atoms with Crippen LogP contribution in [0, 0.1) is 9.39 Å². The Labute approximate surface area is 82.5 Å². The van der Waals surface area contributed by atoms with Crippen LogP contribution in [-0.2, 0) is 7.05 Å². The van der Waals surface area contributed by atoms with Gasteiger partial charge in [0.15, 0.2) is 0 Å². The van der Waals surface area contributed by atoms with Crippen molar-refractivity contribution in [2.75, 3.05) is 0 Å². The fourth-order valence-electron chi connectivity index (χ4n) is 1.17. The molecule has 2 rings (SSSR count). The van der Waals surface area contributed by atoms with Gasteiger partial charge in [-0.2, -0.15) is 5.10 Å². The lowest BCUT2D eigenvalue weighted by Crippen LogP contribution is -1.89. The highest BCUT2D eigenvalue weighted by Gasteiger charge is 2.07. The van der Waals surface area contributed by atoms with Crippen molar-refractivity contribution >= 4 is 33.5 Å². The van der Waals surface area contributed by atoms with Crippen molar-refractivity contribution in [1.29, 1.82) is 0 Å². The monoisotopic (exact) mass is 276 g/mol. The molecule has 0 aliphatic heterocycles. The topological polar surface area (TPSA) is 17.8 Å². The van der Waals surface area contributed by atoms with Gasteiger partial charge in [0.05, 0.1) is 17.1 Å². The first kappa shape index (κ1) is 7.97. The summed E-state index contributed by atoms with van der Waals surface area (Å²) in [7, 11) is 1.80. The molecule has 0 aliphatic carbocycles. The zero-order chi connectivity index (χ0) is 8.72. The van der Waals surface area contributed by atoms with Crippen LogP contribution >= 0.6 is 22.6 Å². The van der Waals surface area contributed by atoms with Gasteiger partial charge in [-0.15, -0.1) is 0 Å². The van der Waals surface area contributed by atoms with Crippen LogP contribution in [0.15, 0.2) is 18.3 Å². The molecule has 0 amide bonds. The molecule has 62 valence electrons. The molecule has 0 atom stereocenters. The van der Waals surface area contributed by atoms with E-state index in [9.17, 15) is 4.39 Å². The third-order valence-corrected chi connectivity index (χ3v) is 2.65. The smallest absolute Gasteiger partial charge is 0.147 e. The zero-order valence-corrected chi connectivity index (χ0v) is 8.54. The van der Waals surface area contributed by atoms with Gasteiger partial charge in [-0.3, -0.25) is 4.68 Å². The Kier molecular flexibility index (Phi) is 1.79. The molecule has 0 bridgehead atoms. The van der Waals surface area contributed by atoms with Crippen molar-refractivity contribution in [3.05, 3.63) is 27.7 Å². The standard InChI is InChI=1S/C8H6FIN2/c1-12-7-3-2-6(10)8(9)5(7)4-11-12/h2-4H,1H3. The summed E-state index contributed by atoms with van der Waals surface area (Å²) in [5.74, 6) is -0.179. The van der Waals surface area contributed by atoms with Crippen LogP contribution in [0.25, 0.3) is 10.9 Å². The lowest BCUT2D eigenvalue weighted by molar-refractivity contribution is 0.632. The number of aryl methyl sites for hydroxylation is 1. The van der Waals surface area contributed by atoms with Crippen molar-refractivity contribution in [3.63, 3.8) is 0 Å². The maximum atomic E-state index is 13.4. The molecule has 2 aromatic rings. The lowest BCUT2D eigenvalue weighted by Gasteiger charge is -1.96. The largest absolute Gasteiger partial charge is 0.268 e. The fraction of sp³-hybridized carbons (Fsp3) is 0.125. The van der Waals surface area contributed by atoms with E-state index in [1.54, 1.807) is 24.0 Å². The van der Waals surface area contributed by atoms with E-state index in [1.807, 2.05) is 28.7 Å². The molecule has 0 radical (unpaired) electrons. The van der Waals surface area contributed by atoms with Crippen molar-refractivity contribution in [3.8, 4) is 0 Å². The average Bonchev–Trinajstić information content (AvgIpc) is 2.41. The van der Waals surface area contributed by atoms with Gasteiger partial charge in [0, 0.05) is 10.6 Å². The van der Waals surface area contributed by atoms with Crippen molar-refractivity contribution in [1.82, 2.24) is 9.78 Å². The summed E-state index contributed by atoms with van der Waals surface area (Å²) in [6.07, 6.45) is 1.55. The lowest BCUT2D eigenvalue weighted by atomic mass is 10.2. The molecular weight excluding hydrogens is 270 g/mol. The summed E-state index contributed by atoms with van der Waals surface area (Å²) in [5.41, 5.74) is 0.827. The second-order valence-corrected chi connectivity index (χ2v) is 3.72. The fourth-order valence-corrected chi connectivity index (χ4v) is 1.64. The van der Waals surface area contributed by atoms with E-state index < -0.39 is 0 Å². The first-order chi connectivity index (χ1) is 5.70. The molecule has 12 heavy (non-hydrogen) atoms. The highest BCUT2D eigenvalue weighted by Crippen LogP contribution is 2.21. The van der Waals surface area contributed by atoms with E-state index in [-0.39, 0.29) is 5.82 Å². The van der Waals surface area contributed by atoms with Gasteiger partial charge in [-0.1, -0.05) is 0 Å². The summed E-state index contributed by atoms with van der Waals surface area (Å²) in [6, 6.07) is 3.62. The number of fused-ring (bicyclic) bond motifs is 1. The van der Waals surface area contributed by atoms with E-state index in [0.717, 1.165) is 5.52 Å². The van der Waals surface area contributed by atoms with E-state index in [2.05, 4.69) is 5.10 Å². The van der Waals surface area contributed by atoms with Crippen LogP contribution in [-0.4, -0.2) is 9.78 Å². The van der Waals surface area contributed by atoms with Gasteiger partial charge in [0.25, 0.3) is 0 Å². The van der Waals surface area contributed by atoms with Crippen molar-refractivity contribution < 1.29 is 4.39 Å². The minimum Gasteiger partial charge on any atom is -0.268 e. The Bertz CT molecular complexity index is 436. The van der Waals surface area contributed by atoms with Crippen LogP contribution in [0.4, 0.5) is 4.39 Å². The molecule has 1 aromatic carbocycles. The molecule has 2 nitrogen and oxygen atoms in total. The maximum Gasteiger partial charge on any atom is 0.147 e. The molecule has 0 spiro atoms. The summed E-state index contributed by atoms with van der Waals surface area (Å²) < 4.78 is 15.6. The number of halogens is 2. The Morgan fingerprint density at radius 3 is 3.00 bits per heavy atom. The number of aromatic nitrogens is 2. The third kappa shape index (κ3) is 1.01. The molecular formula is C8H6FIN2. The molecule has 0 saturated carbocycles. The summed E-state index contributed by atoms with van der Waals surface area (Å²) in [6.45, 7) is 0. The van der Waals surface area contributed by atoms with Crippen molar-refractivity contribution in [2.45, 2.75) is 0 Å². The summed E-state index contributed by atoms with van der Waals surface area (Å²) in [5, 5.41) is 4.56. The number of nitrogens with zero attached hydrogens (tertiary/aromatic N) is 2. The SMILES string of the molecule is Cn1ncc2c(F)c(I)ccc21. The van der Waals surface area contributed by atoms with Gasteiger partial charge in [-0.05, 0) is 34.7 Å². The van der Waals surface area contributed by atoms with Crippen LogP contribution in [0.1, 0.15) is 0 Å². The minimum absolute atomic E-state index is 0.179.